The Labute approximate surface area is 129 Å². The lowest BCUT2D eigenvalue weighted by atomic mass is 10.1. The first-order valence-corrected chi connectivity index (χ1v) is 8.37. The molecule has 1 fully saturated rings. The first kappa shape index (κ1) is 14.5. The van der Waals surface area contributed by atoms with Gasteiger partial charge in [-0.05, 0) is 35.8 Å². The van der Waals surface area contributed by atoms with Crippen LogP contribution >= 0.6 is 11.8 Å². The average molecular weight is 303 g/mol. The van der Waals surface area contributed by atoms with Gasteiger partial charge in [-0.15, -0.1) is 5.10 Å². The summed E-state index contributed by atoms with van der Waals surface area (Å²) in [6, 6.07) is 8.99. The van der Waals surface area contributed by atoms with E-state index in [2.05, 4.69) is 46.7 Å². The minimum atomic E-state index is 0.191. The first-order valence-electron chi connectivity index (χ1n) is 7.49. The zero-order valence-corrected chi connectivity index (χ0v) is 13.1. The number of nitrogens with two attached hydrogens (primary N) is 1. The van der Waals surface area contributed by atoms with Gasteiger partial charge in [-0.3, -0.25) is 0 Å². The highest BCUT2D eigenvalue weighted by molar-refractivity contribution is 7.99. The molecule has 0 saturated heterocycles. The second-order valence-corrected chi connectivity index (χ2v) is 6.77. The van der Waals surface area contributed by atoms with Gasteiger partial charge in [-0.25, -0.2) is 4.68 Å². The zero-order valence-electron chi connectivity index (χ0n) is 12.3. The molecule has 6 heteroatoms. The molecule has 1 atom stereocenters. The highest BCUT2D eigenvalue weighted by Crippen LogP contribution is 2.37. The maximum Gasteiger partial charge on any atom is 0.210 e. The van der Waals surface area contributed by atoms with Gasteiger partial charge in [0.1, 0.15) is 0 Å². The van der Waals surface area contributed by atoms with E-state index in [4.69, 9.17) is 5.73 Å². The van der Waals surface area contributed by atoms with Gasteiger partial charge in [0, 0.05) is 11.8 Å². The molecule has 1 saturated carbocycles. The third kappa shape index (κ3) is 3.27. The van der Waals surface area contributed by atoms with Crippen LogP contribution in [0.15, 0.2) is 29.4 Å². The molecule has 1 aliphatic rings. The van der Waals surface area contributed by atoms with Crippen LogP contribution in [0.1, 0.15) is 48.1 Å². The Balaban J connectivity index is 1.78. The molecule has 1 aromatic carbocycles. The highest BCUT2D eigenvalue weighted by Gasteiger charge is 2.23. The number of thioether (sulfide) groups is 1. The molecule has 0 aliphatic heterocycles. The summed E-state index contributed by atoms with van der Waals surface area (Å²) in [6.07, 6.45) is 4.90. The van der Waals surface area contributed by atoms with E-state index in [-0.39, 0.29) is 5.25 Å². The summed E-state index contributed by atoms with van der Waals surface area (Å²) in [7, 11) is 0. The molecule has 1 heterocycles. The van der Waals surface area contributed by atoms with E-state index in [0.29, 0.717) is 12.6 Å². The van der Waals surface area contributed by atoms with Gasteiger partial charge in [-0.2, -0.15) is 0 Å². The standard InChI is InChI=1S/C15H21N5S/c1-11-6-8-12(9-7-11)14(10-16)21-15-17-18-19-20(15)13-4-2-3-5-13/h6-9,13-14H,2-5,10,16H2,1H3. The predicted octanol–water partition coefficient (Wildman–Crippen LogP) is 2.89. The van der Waals surface area contributed by atoms with Crippen LogP contribution in [0, 0.1) is 6.92 Å². The quantitative estimate of drug-likeness (QED) is 0.860. The van der Waals surface area contributed by atoms with Gasteiger partial charge in [-0.1, -0.05) is 54.4 Å². The number of nitrogens with zero attached hydrogens (tertiary/aromatic N) is 4. The summed E-state index contributed by atoms with van der Waals surface area (Å²) < 4.78 is 1.99. The molecular weight excluding hydrogens is 282 g/mol. The molecule has 112 valence electrons. The van der Waals surface area contributed by atoms with E-state index < -0.39 is 0 Å². The molecule has 2 N–H and O–H groups in total. The normalized spacial score (nSPS) is 17.2. The van der Waals surface area contributed by atoms with Crippen molar-refractivity contribution < 1.29 is 0 Å². The van der Waals surface area contributed by atoms with E-state index in [0.717, 1.165) is 5.16 Å². The van der Waals surface area contributed by atoms with Gasteiger partial charge >= 0.3 is 0 Å². The molecule has 1 aliphatic carbocycles. The molecule has 5 nitrogen and oxygen atoms in total. The molecule has 0 amide bonds. The zero-order chi connectivity index (χ0) is 14.7. The summed E-state index contributed by atoms with van der Waals surface area (Å²) in [5.74, 6) is 0. The summed E-state index contributed by atoms with van der Waals surface area (Å²) >= 11 is 1.67. The summed E-state index contributed by atoms with van der Waals surface area (Å²) in [6.45, 7) is 2.67. The van der Waals surface area contributed by atoms with Crippen LogP contribution in [0.4, 0.5) is 0 Å². The van der Waals surface area contributed by atoms with Crippen molar-refractivity contribution in [3.05, 3.63) is 35.4 Å². The van der Waals surface area contributed by atoms with E-state index in [1.165, 1.54) is 36.8 Å². The van der Waals surface area contributed by atoms with Crippen molar-refractivity contribution in [2.75, 3.05) is 6.54 Å². The lowest BCUT2D eigenvalue weighted by Gasteiger charge is -2.16. The largest absolute Gasteiger partial charge is 0.329 e. The van der Waals surface area contributed by atoms with E-state index in [9.17, 15) is 0 Å². The first-order chi connectivity index (χ1) is 10.3. The second kappa shape index (κ2) is 6.58. The lowest BCUT2D eigenvalue weighted by Crippen LogP contribution is -2.13. The van der Waals surface area contributed by atoms with Gasteiger partial charge in [0.25, 0.3) is 0 Å². The fourth-order valence-corrected chi connectivity index (χ4v) is 3.82. The smallest absolute Gasteiger partial charge is 0.210 e. The molecular formula is C15H21N5S. The maximum atomic E-state index is 5.96. The Bertz CT molecular complexity index is 574. The predicted molar refractivity (Wildman–Crippen MR) is 84.2 cm³/mol. The van der Waals surface area contributed by atoms with Crippen molar-refractivity contribution in [1.29, 1.82) is 0 Å². The average Bonchev–Trinajstić information content (AvgIpc) is 3.16. The van der Waals surface area contributed by atoms with Crippen LogP contribution in [0.3, 0.4) is 0 Å². The summed E-state index contributed by atoms with van der Waals surface area (Å²) in [5, 5.41) is 13.3. The number of hydrogen-bond acceptors (Lipinski definition) is 5. The van der Waals surface area contributed by atoms with E-state index >= 15 is 0 Å². The molecule has 21 heavy (non-hydrogen) atoms. The van der Waals surface area contributed by atoms with E-state index in [1.807, 2.05) is 4.68 Å². The van der Waals surface area contributed by atoms with Gasteiger partial charge in [0.05, 0.1) is 6.04 Å². The molecule has 3 rings (SSSR count). The third-order valence-corrected chi connectivity index (χ3v) is 5.27. The van der Waals surface area contributed by atoms with Crippen LogP contribution < -0.4 is 5.73 Å². The fourth-order valence-electron chi connectivity index (χ4n) is 2.80. The number of rotatable bonds is 5. The van der Waals surface area contributed by atoms with Crippen molar-refractivity contribution in [1.82, 2.24) is 20.2 Å². The minimum absolute atomic E-state index is 0.191. The Morgan fingerprint density at radius 3 is 2.67 bits per heavy atom. The number of tetrazole rings is 1. The van der Waals surface area contributed by atoms with Crippen LogP contribution in [0.2, 0.25) is 0 Å². The van der Waals surface area contributed by atoms with Crippen molar-refractivity contribution in [2.24, 2.45) is 5.73 Å². The van der Waals surface area contributed by atoms with Crippen molar-refractivity contribution >= 4 is 11.8 Å². The molecule has 1 aromatic heterocycles. The van der Waals surface area contributed by atoms with Crippen LogP contribution in [-0.2, 0) is 0 Å². The summed E-state index contributed by atoms with van der Waals surface area (Å²) in [5.41, 5.74) is 8.45. The Morgan fingerprint density at radius 1 is 1.29 bits per heavy atom. The van der Waals surface area contributed by atoms with Crippen molar-refractivity contribution in [3.8, 4) is 0 Å². The number of hydrogen-bond donors (Lipinski definition) is 1. The summed E-state index contributed by atoms with van der Waals surface area (Å²) in [4.78, 5) is 0. The lowest BCUT2D eigenvalue weighted by molar-refractivity contribution is 0.422. The third-order valence-electron chi connectivity index (χ3n) is 4.04. The van der Waals surface area contributed by atoms with Gasteiger partial charge < -0.3 is 5.73 Å². The Hall–Kier alpha value is -1.40. The second-order valence-electron chi connectivity index (χ2n) is 5.60. The van der Waals surface area contributed by atoms with Crippen LogP contribution in [0.25, 0.3) is 0 Å². The topological polar surface area (TPSA) is 69.6 Å². The van der Waals surface area contributed by atoms with Crippen molar-refractivity contribution in [2.45, 2.75) is 49.1 Å². The maximum absolute atomic E-state index is 5.96. The molecule has 0 radical (unpaired) electrons. The minimum Gasteiger partial charge on any atom is -0.329 e. The molecule has 0 spiro atoms. The Morgan fingerprint density at radius 2 is 2.00 bits per heavy atom. The SMILES string of the molecule is Cc1ccc(C(CN)Sc2nnnn2C2CCCC2)cc1. The molecule has 0 bridgehead atoms. The van der Waals surface area contributed by atoms with Gasteiger partial charge in [0.15, 0.2) is 0 Å². The van der Waals surface area contributed by atoms with E-state index in [1.54, 1.807) is 11.8 Å². The highest BCUT2D eigenvalue weighted by atomic mass is 32.2. The number of benzene rings is 1. The van der Waals surface area contributed by atoms with Gasteiger partial charge in [0.2, 0.25) is 5.16 Å². The monoisotopic (exact) mass is 303 g/mol. The fraction of sp³-hybridized carbons (Fsp3) is 0.533. The Kier molecular flexibility index (Phi) is 4.55. The molecule has 2 aromatic rings. The number of aromatic nitrogens is 4. The molecule has 1 unspecified atom stereocenters. The number of aryl methyl sites for hydroxylation is 1. The van der Waals surface area contributed by atoms with Crippen molar-refractivity contribution in [3.63, 3.8) is 0 Å². The van der Waals surface area contributed by atoms with Crippen LogP contribution in [0.5, 0.6) is 0 Å². The van der Waals surface area contributed by atoms with Crippen LogP contribution in [-0.4, -0.2) is 26.8 Å².